The van der Waals surface area contributed by atoms with Crippen molar-refractivity contribution in [2.75, 3.05) is 5.73 Å². The molecule has 0 saturated heterocycles. The molecule has 0 spiro atoms. The molecule has 76 valence electrons. The predicted octanol–water partition coefficient (Wildman–Crippen LogP) is 0.103. The lowest BCUT2D eigenvalue weighted by Gasteiger charge is -1.99. The monoisotopic (exact) mass is 204 g/mol. The predicted molar refractivity (Wildman–Crippen MR) is 54.6 cm³/mol. The van der Waals surface area contributed by atoms with E-state index >= 15 is 0 Å². The largest absolute Gasteiger partial charge is 0.384 e. The van der Waals surface area contributed by atoms with Gasteiger partial charge in [0.15, 0.2) is 17.1 Å². The van der Waals surface area contributed by atoms with E-state index in [1.165, 1.54) is 6.92 Å². The Morgan fingerprint density at radius 2 is 2.13 bits per heavy atom. The number of hydrogen-bond donors (Lipinski definition) is 2. The van der Waals surface area contributed by atoms with Gasteiger partial charge in [0.05, 0.1) is 0 Å². The van der Waals surface area contributed by atoms with Gasteiger partial charge >= 0.3 is 0 Å². The van der Waals surface area contributed by atoms with E-state index in [1.807, 2.05) is 0 Å². The summed E-state index contributed by atoms with van der Waals surface area (Å²) in [6.07, 6.45) is 0. The zero-order valence-corrected chi connectivity index (χ0v) is 7.94. The number of nitrogens with one attached hydrogen (secondary N) is 1. The van der Waals surface area contributed by atoms with Gasteiger partial charge in [0.2, 0.25) is 0 Å². The molecule has 0 saturated carbocycles. The molecule has 0 fully saturated rings. The summed E-state index contributed by atoms with van der Waals surface area (Å²) in [5, 5.41) is 0. The van der Waals surface area contributed by atoms with Gasteiger partial charge in [-0.2, -0.15) is 0 Å². The van der Waals surface area contributed by atoms with Crippen LogP contribution in [0.15, 0.2) is 16.9 Å². The minimum atomic E-state index is -0.548. The summed E-state index contributed by atoms with van der Waals surface area (Å²) in [5.74, 6) is -0.0921. The molecule has 0 amide bonds. The maximum atomic E-state index is 11.4. The SMILES string of the molecule is CC(=O)c1nc2ccc(N)nc2[nH]c1=O. The van der Waals surface area contributed by atoms with Crippen molar-refractivity contribution in [2.24, 2.45) is 0 Å². The number of fused-ring (bicyclic) bond motifs is 1. The summed E-state index contributed by atoms with van der Waals surface area (Å²) in [7, 11) is 0. The number of nitrogen functional groups attached to an aromatic ring is 1. The highest BCUT2D eigenvalue weighted by atomic mass is 16.1. The molecule has 0 aromatic carbocycles. The van der Waals surface area contributed by atoms with E-state index in [4.69, 9.17) is 5.73 Å². The van der Waals surface area contributed by atoms with Crippen molar-refractivity contribution in [2.45, 2.75) is 6.92 Å². The summed E-state index contributed by atoms with van der Waals surface area (Å²) in [5.41, 5.74) is 5.50. The van der Waals surface area contributed by atoms with Crippen LogP contribution in [-0.2, 0) is 0 Å². The summed E-state index contributed by atoms with van der Waals surface area (Å²) < 4.78 is 0. The van der Waals surface area contributed by atoms with Gasteiger partial charge in [0.1, 0.15) is 11.3 Å². The molecule has 6 heteroatoms. The zero-order chi connectivity index (χ0) is 11.0. The molecule has 2 heterocycles. The third-order valence-electron chi connectivity index (χ3n) is 1.91. The number of carbonyl (C=O) groups is 1. The van der Waals surface area contributed by atoms with E-state index in [1.54, 1.807) is 12.1 Å². The van der Waals surface area contributed by atoms with Crippen molar-refractivity contribution < 1.29 is 4.79 Å². The number of hydrogen-bond acceptors (Lipinski definition) is 5. The molecule has 6 nitrogen and oxygen atoms in total. The highest BCUT2D eigenvalue weighted by molar-refractivity contribution is 5.93. The van der Waals surface area contributed by atoms with Gasteiger partial charge in [0.25, 0.3) is 5.56 Å². The lowest BCUT2D eigenvalue weighted by atomic mass is 10.3. The number of nitrogens with zero attached hydrogens (tertiary/aromatic N) is 2. The molecular formula is C9H8N4O2. The minimum absolute atomic E-state index is 0.117. The Morgan fingerprint density at radius 3 is 2.80 bits per heavy atom. The topological polar surface area (TPSA) is 102 Å². The van der Waals surface area contributed by atoms with Crippen LogP contribution in [-0.4, -0.2) is 20.7 Å². The average Bonchev–Trinajstić information content (AvgIpc) is 2.15. The second-order valence-electron chi connectivity index (χ2n) is 3.07. The van der Waals surface area contributed by atoms with Gasteiger partial charge in [-0.3, -0.25) is 9.59 Å². The number of anilines is 1. The fraction of sp³-hybridized carbons (Fsp3) is 0.111. The molecule has 0 aliphatic carbocycles. The summed E-state index contributed by atoms with van der Waals surface area (Å²) in [6, 6.07) is 3.15. The van der Waals surface area contributed by atoms with Crippen LogP contribution in [0.1, 0.15) is 17.4 Å². The molecule has 0 radical (unpaired) electrons. The number of ketones is 1. The summed E-state index contributed by atoms with van der Waals surface area (Å²) in [6.45, 7) is 1.29. The number of nitrogens with two attached hydrogens (primary N) is 1. The van der Waals surface area contributed by atoms with E-state index in [0.29, 0.717) is 5.52 Å². The molecule has 0 aliphatic rings. The van der Waals surface area contributed by atoms with E-state index in [0.717, 1.165) is 0 Å². The number of H-pyrrole nitrogens is 1. The van der Waals surface area contributed by atoms with Gasteiger partial charge < -0.3 is 10.7 Å². The first-order chi connectivity index (χ1) is 7.08. The van der Waals surface area contributed by atoms with Crippen LogP contribution in [0.2, 0.25) is 0 Å². The number of carbonyl (C=O) groups excluding carboxylic acids is 1. The number of pyridine rings is 1. The van der Waals surface area contributed by atoms with Crippen LogP contribution in [0.3, 0.4) is 0 Å². The molecule has 0 unspecified atom stereocenters. The Morgan fingerprint density at radius 1 is 1.40 bits per heavy atom. The van der Waals surface area contributed by atoms with Crippen molar-refractivity contribution in [1.82, 2.24) is 15.0 Å². The first-order valence-corrected chi connectivity index (χ1v) is 4.25. The normalized spacial score (nSPS) is 10.5. The van der Waals surface area contributed by atoms with Crippen molar-refractivity contribution in [3.63, 3.8) is 0 Å². The highest BCUT2D eigenvalue weighted by Crippen LogP contribution is 2.07. The minimum Gasteiger partial charge on any atom is -0.384 e. The second-order valence-corrected chi connectivity index (χ2v) is 3.07. The lowest BCUT2D eigenvalue weighted by molar-refractivity contribution is 0.101. The summed E-state index contributed by atoms with van der Waals surface area (Å²) >= 11 is 0. The Kier molecular flexibility index (Phi) is 1.96. The number of Topliss-reactive ketones (excluding diaryl/α,β-unsaturated/α-hetero) is 1. The molecule has 2 aromatic rings. The molecule has 2 rings (SSSR count). The molecule has 3 N–H and O–H groups in total. The van der Waals surface area contributed by atoms with Crippen LogP contribution in [0.25, 0.3) is 11.2 Å². The standard InChI is InChI=1S/C9H8N4O2/c1-4(14)7-9(15)13-8-5(11-7)2-3-6(10)12-8/h2-3H,1H3,(H3,10,12,13,15). The lowest BCUT2D eigenvalue weighted by Crippen LogP contribution is -2.19. The fourth-order valence-electron chi connectivity index (χ4n) is 1.23. The van der Waals surface area contributed by atoms with E-state index in [2.05, 4.69) is 15.0 Å². The Labute approximate surface area is 84.2 Å². The van der Waals surface area contributed by atoms with E-state index < -0.39 is 5.56 Å². The van der Waals surface area contributed by atoms with Crippen LogP contribution >= 0.6 is 0 Å². The van der Waals surface area contributed by atoms with Gasteiger partial charge in [-0.1, -0.05) is 0 Å². The quantitative estimate of drug-likeness (QED) is 0.641. The second kappa shape index (κ2) is 3.16. The van der Waals surface area contributed by atoms with Gasteiger partial charge in [0, 0.05) is 6.92 Å². The molecule has 0 atom stereocenters. The van der Waals surface area contributed by atoms with Gasteiger partial charge in [-0.05, 0) is 12.1 Å². The van der Waals surface area contributed by atoms with Crippen molar-refractivity contribution in [1.29, 1.82) is 0 Å². The molecule has 15 heavy (non-hydrogen) atoms. The van der Waals surface area contributed by atoms with Crippen LogP contribution in [0.4, 0.5) is 5.82 Å². The zero-order valence-electron chi connectivity index (χ0n) is 7.94. The Bertz CT molecular complexity index is 603. The van der Waals surface area contributed by atoms with Crippen molar-refractivity contribution in [3.05, 3.63) is 28.2 Å². The average molecular weight is 204 g/mol. The van der Waals surface area contributed by atoms with Gasteiger partial charge in [-0.15, -0.1) is 0 Å². The van der Waals surface area contributed by atoms with Crippen LogP contribution in [0.5, 0.6) is 0 Å². The fourth-order valence-corrected chi connectivity index (χ4v) is 1.23. The van der Waals surface area contributed by atoms with Crippen LogP contribution < -0.4 is 11.3 Å². The molecule has 2 aromatic heterocycles. The number of aromatic nitrogens is 3. The van der Waals surface area contributed by atoms with Crippen molar-refractivity contribution in [3.8, 4) is 0 Å². The maximum Gasteiger partial charge on any atom is 0.279 e. The smallest absolute Gasteiger partial charge is 0.279 e. The van der Waals surface area contributed by atoms with Gasteiger partial charge in [-0.25, -0.2) is 9.97 Å². The first kappa shape index (κ1) is 9.32. The summed E-state index contributed by atoms with van der Waals surface area (Å²) in [4.78, 5) is 32.7. The Hall–Kier alpha value is -2.24. The molecular weight excluding hydrogens is 196 g/mol. The third-order valence-corrected chi connectivity index (χ3v) is 1.91. The third kappa shape index (κ3) is 1.56. The van der Waals surface area contributed by atoms with E-state index in [9.17, 15) is 9.59 Å². The Balaban J connectivity index is 2.82. The van der Waals surface area contributed by atoms with E-state index in [-0.39, 0.29) is 22.9 Å². The maximum absolute atomic E-state index is 11.4. The molecule has 0 aliphatic heterocycles. The van der Waals surface area contributed by atoms with Crippen LogP contribution in [0, 0.1) is 0 Å². The first-order valence-electron chi connectivity index (χ1n) is 4.25. The number of aromatic amines is 1. The molecule has 0 bridgehead atoms. The van der Waals surface area contributed by atoms with Crippen molar-refractivity contribution >= 4 is 22.8 Å². The number of rotatable bonds is 1. The highest BCUT2D eigenvalue weighted by Gasteiger charge is 2.09.